The van der Waals surface area contributed by atoms with Gasteiger partial charge in [-0.05, 0) is 44.4 Å². The first-order chi connectivity index (χ1) is 18.8. The number of benzene rings is 2. The first-order valence-corrected chi connectivity index (χ1v) is 12.3. The molecule has 0 fully saturated rings. The van der Waals surface area contributed by atoms with E-state index in [9.17, 15) is 27.6 Å². The number of nitrogens with one attached hydrogen (secondary N) is 1. The van der Waals surface area contributed by atoms with Gasteiger partial charge in [0.15, 0.2) is 17.2 Å². The van der Waals surface area contributed by atoms with Gasteiger partial charge in [-0.3, -0.25) is 9.59 Å². The molecule has 0 unspecified atom stereocenters. The number of hydrogen-bond donors (Lipinski definition) is 1. The summed E-state index contributed by atoms with van der Waals surface area (Å²) in [6.07, 6.45) is -3.35. The quantitative estimate of drug-likeness (QED) is 0.214. The number of amides is 1. The van der Waals surface area contributed by atoms with Crippen molar-refractivity contribution in [2.24, 2.45) is 0 Å². The molecule has 0 spiro atoms. The maximum atomic E-state index is 13.1. The number of allylic oxidation sites excluding steroid dienone is 2. The minimum atomic E-state index is -5.19. The van der Waals surface area contributed by atoms with E-state index in [1.165, 1.54) is 33.5 Å². The van der Waals surface area contributed by atoms with Crippen molar-refractivity contribution in [1.82, 2.24) is 0 Å². The molecular formula is C27H27ClF3NO8. The van der Waals surface area contributed by atoms with E-state index in [1.54, 1.807) is 19.9 Å². The summed E-state index contributed by atoms with van der Waals surface area (Å²) in [6, 6.07) is 3.00. The van der Waals surface area contributed by atoms with Crippen LogP contribution < -0.4 is 24.3 Å². The molecule has 1 heterocycles. The van der Waals surface area contributed by atoms with Crippen LogP contribution in [0.2, 0.25) is 5.02 Å². The second-order valence-electron chi connectivity index (χ2n) is 8.74. The Kier molecular flexibility index (Phi) is 9.56. The predicted molar refractivity (Wildman–Crippen MR) is 138 cm³/mol. The highest BCUT2D eigenvalue weighted by atomic mass is 35.5. The average Bonchev–Trinajstić information content (AvgIpc) is 3.29. The number of halogens is 4. The molecule has 0 saturated carbocycles. The van der Waals surface area contributed by atoms with Crippen LogP contribution in [0.5, 0.6) is 23.0 Å². The summed E-state index contributed by atoms with van der Waals surface area (Å²) < 4.78 is 65.4. The van der Waals surface area contributed by atoms with Gasteiger partial charge in [0.2, 0.25) is 0 Å². The molecule has 13 heteroatoms. The van der Waals surface area contributed by atoms with Crippen LogP contribution in [0.3, 0.4) is 0 Å². The highest BCUT2D eigenvalue weighted by Crippen LogP contribution is 2.43. The van der Waals surface area contributed by atoms with Gasteiger partial charge in [-0.25, -0.2) is 4.79 Å². The highest BCUT2D eigenvalue weighted by Gasteiger charge is 2.41. The molecule has 9 nitrogen and oxygen atoms in total. The zero-order valence-corrected chi connectivity index (χ0v) is 23.1. The maximum absolute atomic E-state index is 13.1. The standard InChI is InChI=1S/C27H27ClF3NO8/c1-13(7-11-19(33)40-17-9-10-18(36-3)24(38-5)21(17)28)6-8-15-22(32-26(35)27(29,30)31)20-16(12-39-25(20)34)14(2)23(15)37-4/h6,9-10H,7-8,11-12H2,1-5H3,(H,32,35)/b13-6+. The van der Waals surface area contributed by atoms with E-state index in [2.05, 4.69) is 0 Å². The number of carbonyl (C=O) groups excluding carboxylic acids is 3. The van der Waals surface area contributed by atoms with Crippen LogP contribution in [0.15, 0.2) is 23.8 Å². The Morgan fingerprint density at radius 2 is 1.73 bits per heavy atom. The zero-order valence-electron chi connectivity index (χ0n) is 22.3. The normalized spacial score (nSPS) is 12.9. The third kappa shape index (κ3) is 6.44. The molecule has 216 valence electrons. The van der Waals surface area contributed by atoms with Crippen LogP contribution in [0.1, 0.15) is 46.8 Å². The van der Waals surface area contributed by atoms with E-state index in [0.717, 1.165) is 0 Å². The first kappa shape index (κ1) is 30.6. The largest absolute Gasteiger partial charge is 0.496 e. The number of hydrogen-bond acceptors (Lipinski definition) is 8. The summed E-state index contributed by atoms with van der Waals surface area (Å²) in [5.41, 5.74) is 1.21. The van der Waals surface area contributed by atoms with Gasteiger partial charge in [-0.1, -0.05) is 23.3 Å². The molecule has 40 heavy (non-hydrogen) atoms. The fourth-order valence-corrected chi connectivity index (χ4v) is 4.45. The van der Waals surface area contributed by atoms with Crippen molar-refractivity contribution in [3.05, 3.63) is 51.1 Å². The van der Waals surface area contributed by atoms with Crippen LogP contribution in [-0.2, 0) is 27.4 Å². The van der Waals surface area contributed by atoms with Gasteiger partial charge in [0.25, 0.3) is 0 Å². The van der Waals surface area contributed by atoms with Crippen LogP contribution in [0.4, 0.5) is 18.9 Å². The minimum absolute atomic E-state index is 0.0135. The van der Waals surface area contributed by atoms with Crippen molar-refractivity contribution in [3.8, 4) is 23.0 Å². The molecule has 0 aliphatic carbocycles. The molecule has 0 atom stereocenters. The van der Waals surface area contributed by atoms with E-state index in [1.807, 2.05) is 5.32 Å². The van der Waals surface area contributed by atoms with E-state index >= 15 is 0 Å². The van der Waals surface area contributed by atoms with Gasteiger partial charge in [0.1, 0.15) is 17.4 Å². The SMILES string of the molecule is COc1ccc(OC(=O)CC/C(C)=C/Cc2c(NC(=O)C(F)(F)F)c3c(c(C)c2OC)COC3=O)c(Cl)c1OC. The predicted octanol–water partition coefficient (Wildman–Crippen LogP) is 5.72. The van der Waals surface area contributed by atoms with Crippen molar-refractivity contribution < 1.29 is 51.2 Å². The number of alkyl halides is 3. The molecule has 2 aromatic carbocycles. The van der Waals surface area contributed by atoms with E-state index < -0.39 is 24.0 Å². The number of fused-ring (bicyclic) bond motifs is 1. The van der Waals surface area contributed by atoms with Crippen molar-refractivity contribution in [3.63, 3.8) is 0 Å². The maximum Gasteiger partial charge on any atom is 0.471 e. The lowest BCUT2D eigenvalue weighted by atomic mass is 9.93. The Hall–Kier alpha value is -3.93. The van der Waals surface area contributed by atoms with Gasteiger partial charge >= 0.3 is 24.0 Å². The highest BCUT2D eigenvalue weighted by molar-refractivity contribution is 6.34. The second-order valence-corrected chi connectivity index (χ2v) is 9.11. The van der Waals surface area contributed by atoms with Crippen molar-refractivity contribution in [1.29, 1.82) is 0 Å². The lowest BCUT2D eigenvalue weighted by Crippen LogP contribution is -2.31. The molecule has 1 N–H and O–H groups in total. The number of carbonyl (C=O) groups is 3. The number of ether oxygens (including phenoxy) is 5. The molecular weight excluding hydrogens is 559 g/mol. The number of methoxy groups -OCH3 is 3. The molecule has 1 aliphatic heterocycles. The van der Waals surface area contributed by atoms with Crippen LogP contribution >= 0.6 is 11.6 Å². The van der Waals surface area contributed by atoms with E-state index in [4.69, 9.17) is 35.3 Å². The Morgan fingerprint density at radius 3 is 2.33 bits per heavy atom. The second kappa shape index (κ2) is 12.5. The van der Waals surface area contributed by atoms with Gasteiger partial charge in [0.05, 0.1) is 32.6 Å². The summed E-state index contributed by atoms with van der Waals surface area (Å²) in [7, 11) is 4.16. The van der Waals surface area contributed by atoms with Crippen molar-refractivity contribution in [2.45, 2.75) is 45.9 Å². The monoisotopic (exact) mass is 585 g/mol. The molecule has 1 amide bonds. The molecule has 3 rings (SSSR count). The van der Waals surface area contributed by atoms with E-state index in [0.29, 0.717) is 22.4 Å². The first-order valence-electron chi connectivity index (χ1n) is 11.9. The Morgan fingerprint density at radius 1 is 1.07 bits per heavy atom. The molecule has 2 aromatic rings. The third-order valence-electron chi connectivity index (χ3n) is 6.22. The van der Waals surface area contributed by atoms with Crippen LogP contribution in [0, 0.1) is 6.92 Å². The van der Waals surface area contributed by atoms with Crippen molar-refractivity contribution in [2.75, 3.05) is 26.6 Å². The Labute approximate surface area is 233 Å². The number of cyclic esters (lactones) is 1. The van der Waals surface area contributed by atoms with E-state index in [-0.39, 0.29) is 65.0 Å². The Bertz CT molecular complexity index is 1370. The fraction of sp³-hybridized carbons (Fsp3) is 0.370. The Balaban J connectivity index is 1.82. The van der Waals surface area contributed by atoms with Gasteiger partial charge in [-0.2, -0.15) is 13.2 Å². The molecule has 0 saturated heterocycles. The average molecular weight is 586 g/mol. The summed E-state index contributed by atoms with van der Waals surface area (Å²) >= 11 is 6.25. The van der Waals surface area contributed by atoms with Crippen LogP contribution in [0.25, 0.3) is 0 Å². The molecule has 1 aliphatic rings. The zero-order chi connectivity index (χ0) is 29.8. The summed E-state index contributed by atoms with van der Waals surface area (Å²) in [5, 5.41) is 1.89. The summed E-state index contributed by atoms with van der Waals surface area (Å²) in [4.78, 5) is 36.7. The fourth-order valence-electron chi connectivity index (χ4n) is 4.18. The smallest absolute Gasteiger partial charge is 0.471 e. The molecule has 0 radical (unpaired) electrons. The number of esters is 2. The van der Waals surface area contributed by atoms with Gasteiger partial charge < -0.3 is 29.0 Å². The van der Waals surface area contributed by atoms with Gasteiger partial charge in [0, 0.05) is 17.5 Å². The number of anilines is 1. The topological polar surface area (TPSA) is 109 Å². The summed E-state index contributed by atoms with van der Waals surface area (Å²) in [5.74, 6) is -2.81. The van der Waals surface area contributed by atoms with Crippen LogP contribution in [-0.4, -0.2) is 45.4 Å². The molecule has 0 bridgehead atoms. The van der Waals surface area contributed by atoms with Crippen molar-refractivity contribution >= 4 is 35.1 Å². The molecule has 0 aromatic heterocycles. The third-order valence-corrected chi connectivity index (χ3v) is 6.58. The lowest BCUT2D eigenvalue weighted by molar-refractivity contribution is -0.167. The minimum Gasteiger partial charge on any atom is -0.496 e. The lowest BCUT2D eigenvalue weighted by Gasteiger charge is -2.20. The van der Waals surface area contributed by atoms with Gasteiger partial charge in [-0.15, -0.1) is 0 Å². The number of rotatable bonds is 10. The summed E-state index contributed by atoms with van der Waals surface area (Å²) in [6.45, 7) is 3.20.